The van der Waals surface area contributed by atoms with Gasteiger partial charge in [-0.2, -0.15) is 5.10 Å². The summed E-state index contributed by atoms with van der Waals surface area (Å²) in [5.41, 5.74) is 2.00. The van der Waals surface area contributed by atoms with E-state index in [0.29, 0.717) is 10.2 Å². The van der Waals surface area contributed by atoms with Crippen LogP contribution >= 0.6 is 15.9 Å². The van der Waals surface area contributed by atoms with Crippen molar-refractivity contribution in [1.29, 1.82) is 0 Å². The number of carbonyl (C=O) groups is 1. The molecule has 0 bridgehead atoms. The van der Waals surface area contributed by atoms with E-state index in [1.54, 1.807) is 30.4 Å². The van der Waals surface area contributed by atoms with Crippen molar-refractivity contribution in [2.75, 3.05) is 6.61 Å². The summed E-state index contributed by atoms with van der Waals surface area (Å²) in [7, 11) is 0. The van der Waals surface area contributed by atoms with Crippen LogP contribution in [0.4, 0.5) is 5.69 Å². The minimum atomic E-state index is -0.588. The van der Waals surface area contributed by atoms with E-state index in [1.807, 2.05) is 0 Å². The van der Waals surface area contributed by atoms with E-state index in [1.165, 1.54) is 24.6 Å². The zero-order chi connectivity index (χ0) is 17.4. The molecule has 0 aliphatic carbocycles. The molecule has 0 unspecified atom stereocenters. The second-order valence-corrected chi connectivity index (χ2v) is 5.26. The Hall–Kier alpha value is -2.94. The summed E-state index contributed by atoms with van der Waals surface area (Å²) in [5.74, 6) is 0.105. The Balaban J connectivity index is 1.82. The summed E-state index contributed by atoms with van der Waals surface area (Å²) in [5, 5.41) is 14.6. The molecule has 1 aromatic heterocycles. The number of nitrogens with one attached hydrogen (secondary N) is 1. The molecule has 9 heteroatoms. The fraction of sp³-hybridized carbons (Fsp3) is 0.0667. The van der Waals surface area contributed by atoms with E-state index in [2.05, 4.69) is 26.5 Å². The first-order valence-electron chi connectivity index (χ1n) is 6.65. The molecule has 0 fully saturated rings. The normalized spacial score (nSPS) is 11.0. The number of nitrogens with zero attached hydrogens (tertiary/aromatic N) is 2. The number of ether oxygens (including phenoxy) is 1. The highest BCUT2D eigenvalue weighted by Crippen LogP contribution is 2.29. The number of hydrogen-bond donors (Lipinski definition) is 1. The highest BCUT2D eigenvalue weighted by Gasteiger charge is 2.16. The van der Waals surface area contributed by atoms with Crippen molar-refractivity contribution in [3.05, 3.63) is 63.0 Å². The Bertz CT molecular complexity index is 771. The molecule has 1 N–H and O–H groups in total. The van der Waals surface area contributed by atoms with Crippen LogP contribution in [-0.2, 0) is 4.79 Å². The van der Waals surface area contributed by atoms with Gasteiger partial charge in [-0.1, -0.05) is 15.9 Å². The summed E-state index contributed by atoms with van der Waals surface area (Å²) in [6, 6.07) is 7.80. The van der Waals surface area contributed by atoms with Crippen LogP contribution in [0.5, 0.6) is 5.75 Å². The van der Waals surface area contributed by atoms with Gasteiger partial charge in [0.05, 0.1) is 11.2 Å². The van der Waals surface area contributed by atoms with Crippen molar-refractivity contribution in [3.8, 4) is 5.75 Å². The number of furan rings is 1. The van der Waals surface area contributed by atoms with Crippen molar-refractivity contribution in [2.24, 2.45) is 5.10 Å². The zero-order valence-electron chi connectivity index (χ0n) is 12.2. The molecule has 0 aliphatic heterocycles. The minimum Gasteiger partial charge on any atom is -0.477 e. The molecule has 0 saturated heterocycles. The predicted octanol–water partition coefficient (Wildman–Crippen LogP) is 3.14. The SMILES string of the molecule is O=C(COc1ccc(Br)cc1[N+](=O)[O-])NN=CC=Cc1ccco1. The zero-order valence-corrected chi connectivity index (χ0v) is 13.8. The van der Waals surface area contributed by atoms with Crippen LogP contribution in [-0.4, -0.2) is 23.7 Å². The highest BCUT2D eigenvalue weighted by atomic mass is 79.9. The maximum atomic E-state index is 11.6. The molecule has 2 aromatic rings. The van der Waals surface area contributed by atoms with Crippen molar-refractivity contribution in [2.45, 2.75) is 0 Å². The molecule has 1 heterocycles. The molecule has 0 aliphatic rings. The van der Waals surface area contributed by atoms with Gasteiger partial charge >= 0.3 is 5.69 Å². The van der Waals surface area contributed by atoms with Crippen LogP contribution in [0.2, 0.25) is 0 Å². The van der Waals surface area contributed by atoms with Crippen molar-refractivity contribution in [3.63, 3.8) is 0 Å². The summed E-state index contributed by atoms with van der Waals surface area (Å²) in [6.07, 6.45) is 6.15. The van der Waals surface area contributed by atoms with Crippen LogP contribution < -0.4 is 10.2 Å². The number of nitro benzene ring substituents is 1. The van der Waals surface area contributed by atoms with Crippen molar-refractivity contribution in [1.82, 2.24) is 5.43 Å². The van der Waals surface area contributed by atoms with Gasteiger partial charge in [0, 0.05) is 16.8 Å². The first kappa shape index (κ1) is 17.4. The standard InChI is InChI=1S/C15H12BrN3O5/c16-11-5-6-14(13(9-11)19(21)22)24-10-15(20)18-17-7-1-3-12-4-2-8-23-12/h1-9H,10H2,(H,18,20). The monoisotopic (exact) mass is 393 g/mol. The number of allylic oxidation sites excluding steroid dienone is 1. The number of benzene rings is 1. The maximum Gasteiger partial charge on any atom is 0.312 e. The summed E-state index contributed by atoms with van der Waals surface area (Å²) in [4.78, 5) is 21.9. The minimum absolute atomic E-state index is 0.0000415. The molecule has 124 valence electrons. The van der Waals surface area contributed by atoms with Crippen molar-refractivity contribution < 1.29 is 18.9 Å². The van der Waals surface area contributed by atoms with E-state index >= 15 is 0 Å². The van der Waals surface area contributed by atoms with E-state index in [0.717, 1.165) is 0 Å². The largest absolute Gasteiger partial charge is 0.477 e. The number of rotatable bonds is 7. The molecule has 1 aromatic carbocycles. The van der Waals surface area contributed by atoms with Crippen LogP contribution in [0, 0.1) is 10.1 Å². The second kappa shape index (κ2) is 8.63. The third-order valence-corrected chi connectivity index (χ3v) is 3.12. The Labute approximate surface area is 145 Å². The molecule has 8 nitrogen and oxygen atoms in total. The molecular weight excluding hydrogens is 382 g/mol. The lowest BCUT2D eigenvalue weighted by Gasteiger charge is -2.05. The lowest BCUT2D eigenvalue weighted by molar-refractivity contribution is -0.385. The molecular formula is C15H12BrN3O5. The number of hydrogen-bond acceptors (Lipinski definition) is 6. The van der Waals surface area contributed by atoms with E-state index < -0.39 is 17.4 Å². The third kappa shape index (κ3) is 5.36. The Morgan fingerprint density at radius 2 is 2.29 bits per heavy atom. The second-order valence-electron chi connectivity index (χ2n) is 4.35. The predicted molar refractivity (Wildman–Crippen MR) is 90.7 cm³/mol. The van der Waals surface area contributed by atoms with Crippen LogP contribution in [0.15, 0.2) is 56.7 Å². The van der Waals surface area contributed by atoms with Gasteiger partial charge in [0.2, 0.25) is 0 Å². The van der Waals surface area contributed by atoms with E-state index in [-0.39, 0.29) is 11.4 Å². The topological polar surface area (TPSA) is 107 Å². The smallest absolute Gasteiger partial charge is 0.312 e. The highest BCUT2D eigenvalue weighted by molar-refractivity contribution is 9.10. The quantitative estimate of drug-likeness (QED) is 0.441. The number of hydrazone groups is 1. The van der Waals surface area contributed by atoms with Crippen molar-refractivity contribution >= 4 is 39.8 Å². The number of halogens is 1. The van der Waals surface area contributed by atoms with Crippen LogP contribution in [0.1, 0.15) is 5.76 Å². The molecule has 0 atom stereocenters. The Morgan fingerprint density at radius 1 is 1.46 bits per heavy atom. The van der Waals surface area contributed by atoms with Gasteiger partial charge < -0.3 is 9.15 Å². The van der Waals surface area contributed by atoms with E-state index in [4.69, 9.17) is 9.15 Å². The summed E-state index contributed by atoms with van der Waals surface area (Å²) in [6.45, 7) is -0.401. The molecule has 2 rings (SSSR count). The molecule has 1 amide bonds. The van der Waals surface area contributed by atoms with Gasteiger partial charge in [-0.15, -0.1) is 0 Å². The van der Waals surface area contributed by atoms with Gasteiger partial charge in [-0.25, -0.2) is 5.43 Å². The number of carbonyl (C=O) groups excluding carboxylic acids is 1. The van der Waals surface area contributed by atoms with Gasteiger partial charge in [0.25, 0.3) is 5.91 Å². The number of amides is 1. The molecule has 0 spiro atoms. The molecule has 24 heavy (non-hydrogen) atoms. The average molecular weight is 394 g/mol. The maximum absolute atomic E-state index is 11.6. The molecule has 0 radical (unpaired) electrons. The summed E-state index contributed by atoms with van der Waals surface area (Å²) < 4.78 is 10.8. The first-order chi connectivity index (χ1) is 11.6. The van der Waals surface area contributed by atoms with Crippen LogP contribution in [0.3, 0.4) is 0 Å². The number of nitro groups is 1. The first-order valence-corrected chi connectivity index (χ1v) is 7.44. The lowest BCUT2D eigenvalue weighted by atomic mass is 10.3. The Morgan fingerprint density at radius 3 is 3.00 bits per heavy atom. The van der Waals surface area contributed by atoms with Gasteiger partial charge in [-0.05, 0) is 36.4 Å². The average Bonchev–Trinajstić information content (AvgIpc) is 3.06. The fourth-order valence-corrected chi connectivity index (χ4v) is 1.96. The van der Waals surface area contributed by atoms with Gasteiger partial charge in [0.15, 0.2) is 12.4 Å². The lowest BCUT2D eigenvalue weighted by Crippen LogP contribution is -2.24. The van der Waals surface area contributed by atoms with Crippen LogP contribution in [0.25, 0.3) is 6.08 Å². The molecule has 0 saturated carbocycles. The van der Waals surface area contributed by atoms with Gasteiger partial charge in [0.1, 0.15) is 5.76 Å². The Kier molecular flexibility index (Phi) is 6.26. The third-order valence-electron chi connectivity index (χ3n) is 2.63. The fourth-order valence-electron chi connectivity index (χ4n) is 1.61. The summed E-state index contributed by atoms with van der Waals surface area (Å²) >= 11 is 3.14. The van der Waals surface area contributed by atoms with E-state index in [9.17, 15) is 14.9 Å². The van der Waals surface area contributed by atoms with Gasteiger partial charge in [-0.3, -0.25) is 14.9 Å².